The molecule has 0 unspecified atom stereocenters. The lowest BCUT2D eigenvalue weighted by Gasteiger charge is -2.17. The van der Waals surface area contributed by atoms with Crippen LogP contribution < -0.4 is 10.2 Å². The minimum atomic E-state index is 0.0829. The van der Waals surface area contributed by atoms with Crippen LogP contribution in [-0.4, -0.2) is 22.9 Å². The molecule has 3 heterocycles. The molecular formula is C24H26N4O2. The fourth-order valence-corrected chi connectivity index (χ4v) is 3.64. The van der Waals surface area contributed by atoms with Gasteiger partial charge in [-0.1, -0.05) is 18.2 Å². The first-order valence-electron chi connectivity index (χ1n) is 10.1. The molecule has 0 fully saturated rings. The Kier molecular flexibility index (Phi) is 5.57. The van der Waals surface area contributed by atoms with Crippen LogP contribution in [0.1, 0.15) is 29.1 Å². The van der Waals surface area contributed by atoms with E-state index in [2.05, 4.69) is 17.2 Å². The summed E-state index contributed by atoms with van der Waals surface area (Å²) >= 11 is 0. The lowest BCUT2D eigenvalue weighted by molar-refractivity contribution is -0.118. The van der Waals surface area contributed by atoms with Crippen molar-refractivity contribution in [3.8, 4) is 0 Å². The maximum Gasteiger partial charge on any atom is 0.227 e. The lowest BCUT2D eigenvalue weighted by atomic mass is 10.1. The molecular weight excluding hydrogens is 376 g/mol. The first-order valence-corrected chi connectivity index (χ1v) is 10.1. The van der Waals surface area contributed by atoms with Gasteiger partial charge in [-0.25, -0.2) is 0 Å². The van der Waals surface area contributed by atoms with E-state index in [-0.39, 0.29) is 5.91 Å². The minimum Gasteiger partial charge on any atom is -0.467 e. The van der Waals surface area contributed by atoms with E-state index in [1.54, 1.807) is 11.2 Å². The van der Waals surface area contributed by atoms with Crippen LogP contribution >= 0.6 is 0 Å². The molecule has 1 amide bonds. The van der Waals surface area contributed by atoms with Gasteiger partial charge in [-0.15, -0.1) is 0 Å². The molecule has 0 aliphatic heterocycles. The number of aromatic amines is 1. The molecule has 154 valence electrons. The van der Waals surface area contributed by atoms with E-state index < -0.39 is 0 Å². The second kappa shape index (κ2) is 8.45. The summed E-state index contributed by atoms with van der Waals surface area (Å²) in [5.74, 6) is 0.954. The summed E-state index contributed by atoms with van der Waals surface area (Å²) in [7, 11) is 1.82. The summed E-state index contributed by atoms with van der Waals surface area (Å²) in [6, 6.07) is 15.6. The molecule has 2 N–H and O–H groups in total. The monoisotopic (exact) mass is 402 g/mol. The summed E-state index contributed by atoms with van der Waals surface area (Å²) in [4.78, 5) is 22.6. The van der Waals surface area contributed by atoms with Crippen molar-refractivity contribution in [2.24, 2.45) is 0 Å². The van der Waals surface area contributed by atoms with Crippen molar-refractivity contribution in [2.75, 3.05) is 17.3 Å². The number of fused-ring (bicyclic) bond motifs is 1. The molecule has 3 aromatic heterocycles. The van der Waals surface area contributed by atoms with Crippen molar-refractivity contribution in [2.45, 2.75) is 33.2 Å². The van der Waals surface area contributed by atoms with E-state index in [4.69, 9.17) is 9.40 Å². The predicted molar refractivity (Wildman–Crippen MR) is 120 cm³/mol. The average Bonchev–Trinajstić information content (AvgIpc) is 3.39. The van der Waals surface area contributed by atoms with Crippen molar-refractivity contribution < 1.29 is 9.21 Å². The van der Waals surface area contributed by atoms with Gasteiger partial charge in [0.15, 0.2) is 0 Å². The summed E-state index contributed by atoms with van der Waals surface area (Å²) in [6.07, 6.45) is 2.73. The first-order chi connectivity index (χ1) is 14.5. The van der Waals surface area contributed by atoms with Gasteiger partial charge in [0.05, 0.1) is 29.5 Å². The zero-order valence-electron chi connectivity index (χ0n) is 17.5. The third-order valence-electron chi connectivity index (χ3n) is 5.37. The molecule has 0 aliphatic carbocycles. The predicted octanol–water partition coefficient (Wildman–Crippen LogP) is 4.98. The number of rotatable bonds is 7. The Balaban J connectivity index is 1.52. The molecule has 0 atom stereocenters. The number of carbonyl (C=O) groups excluding carboxylic acids is 1. The highest BCUT2D eigenvalue weighted by Gasteiger charge is 2.16. The van der Waals surface area contributed by atoms with Crippen molar-refractivity contribution in [3.05, 3.63) is 77.5 Å². The number of furan rings is 1. The van der Waals surface area contributed by atoms with Gasteiger partial charge in [0, 0.05) is 30.5 Å². The fourth-order valence-electron chi connectivity index (χ4n) is 3.64. The van der Waals surface area contributed by atoms with Crippen LogP contribution in [0.3, 0.4) is 0 Å². The van der Waals surface area contributed by atoms with Gasteiger partial charge < -0.3 is 19.6 Å². The van der Waals surface area contributed by atoms with Gasteiger partial charge >= 0.3 is 0 Å². The van der Waals surface area contributed by atoms with Gasteiger partial charge in [-0.05, 0) is 56.2 Å². The number of nitrogens with one attached hydrogen (secondary N) is 2. The third kappa shape index (κ3) is 4.08. The topological polar surface area (TPSA) is 74.2 Å². The number of para-hydroxylation sites is 1. The summed E-state index contributed by atoms with van der Waals surface area (Å²) in [5.41, 5.74) is 6.86. The molecule has 0 radical (unpaired) electrons. The number of aryl methyl sites for hydroxylation is 3. The highest BCUT2D eigenvalue weighted by atomic mass is 16.3. The molecule has 4 aromatic rings. The highest BCUT2D eigenvalue weighted by molar-refractivity contribution is 5.94. The van der Waals surface area contributed by atoms with Crippen LogP contribution in [0.25, 0.3) is 11.0 Å². The number of H-pyrrole nitrogens is 1. The molecule has 0 bridgehead atoms. The van der Waals surface area contributed by atoms with Gasteiger partial charge in [-0.3, -0.25) is 9.78 Å². The number of hydrogen-bond acceptors (Lipinski definition) is 4. The number of carbonyl (C=O) groups is 1. The van der Waals surface area contributed by atoms with E-state index in [0.717, 1.165) is 45.1 Å². The van der Waals surface area contributed by atoms with Crippen molar-refractivity contribution >= 4 is 28.3 Å². The molecule has 0 saturated heterocycles. The van der Waals surface area contributed by atoms with Crippen LogP contribution in [0.2, 0.25) is 0 Å². The Hall–Kier alpha value is -3.54. The zero-order valence-corrected chi connectivity index (χ0v) is 17.5. The van der Waals surface area contributed by atoms with Crippen LogP contribution in [0, 0.1) is 13.8 Å². The molecule has 0 spiro atoms. The first kappa shape index (κ1) is 19.8. The number of anilines is 2. The quantitative estimate of drug-likeness (QED) is 0.457. The third-order valence-corrected chi connectivity index (χ3v) is 5.37. The van der Waals surface area contributed by atoms with Crippen molar-refractivity contribution in [3.63, 3.8) is 0 Å². The smallest absolute Gasteiger partial charge is 0.227 e. The van der Waals surface area contributed by atoms with E-state index in [1.807, 2.05) is 62.5 Å². The summed E-state index contributed by atoms with van der Waals surface area (Å²) in [5, 5.41) is 3.44. The van der Waals surface area contributed by atoms with Crippen LogP contribution in [0.5, 0.6) is 0 Å². The average molecular weight is 402 g/mol. The van der Waals surface area contributed by atoms with Crippen LogP contribution in [-0.2, 0) is 17.8 Å². The second-order valence-electron chi connectivity index (χ2n) is 7.48. The number of amides is 1. The van der Waals surface area contributed by atoms with E-state index >= 15 is 0 Å². The molecule has 0 aliphatic rings. The van der Waals surface area contributed by atoms with Gasteiger partial charge in [0.25, 0.3) is 0 Å². The second-order valence-corrected chi connectivity index (χ2v) is 7.48. The number of aromatic nitrogens is 2. The zero-order chi connectivity index (χ0) is 21.1. The van der Waals surface area contributed by atoms with Crippen LogP contribution in [0.15, 0.2) is 59.2 Å². The van der Waals surface area contributed by atoms with Crippen molar-refractivity contribution in [1.82, 2.24) is 9.97 Å². The highest BCUT2D eigenvalue weighted by Crippen LogP contribution is 2.28. The van der Waals surface area contributed by atoms with Gasteiger partial charge in [-0.2, -0.15) is 0 Å². The molecule has 4 rings (SSSR count). The van der Waals surface area contributed by atoms with E-state index in [9.17, 15) is 4.79 Å². The number of pyridine rings is 1. The summed E-state index contributed by atoms with van der Waals surface area (Å²) in [6.45, 7) is 4.64. The number of benzene rings is 1. The Morgan fingerprint density at radius 3 is 2.70 bits per heavy atom. The molecule has 30 heavy (non-hydrogen) atoms. The van der Waals surface area contributed by atoms with E-state index in [1.165, 1.54) is 0 Å². The Morgan fingerprint density at radius 2 is 1.97 bits per heavy atom. The Labute approximate surface area is 175 Å². The lowest BCUT2D eigenvalue weighted by Crippen LogP contribution is -2.26. The van der Waals surface area contributed by atoms with Crippen LogP contribution in [0.4, 0.5) is 11.4 Å². The molecule has 6 nitrogen and oxygen atoms in total. The standard InChI is InChI=1S/C24H26N4O2/c1-16-14-21(25-15-19-10-7-13-30-19)24-23(26-16)17(2)20(27-24)11-12-22(29)28(3)18-8-5-4-6-9-18/h4-10,13-14,27H,11-12,15H2,1-3H3,(H,25,26). The Morgan fingerprint density at radius 1 is 1.17 bits per heavy atom. The maximum absolute atomic E-state index is 12.7. The Bertz CT molecular complexity index is 1150. The van der Waals surface area contributed by atoms with Gasteiger partial charge in [0.2, 0.25) is 5.91 Å². The van der Waals surface area contributed by atoms with Gasteiger partial charge in [0.1, 0.15) is 5.76 Å². The molecule has 0 saturated carbocycles. The summed E-state index contributed by atoms with van der Waals surface area (Å²) < 4.78 is 5.42. The SMILES string of the molecule is Cc1cc(NCc2ccco2)c2[nH]c(CCC(=O)N(C)c3ccccc3)c(C)c2n1. The van der Waals surface area contributed by atoms with Crippen molar-refractivity contribution in [1.29, 1.82) is 0 Å². The number of nitrogens with zero attached hydrogens (tertiary/aromatic N) is 2. The fraction of sp³-hybridized carbons (Fsp3) is 0.250. The molecule has 1 aromatic carbocycles. The normalized spacial score (nSPS) is 11.0. The molecule has 6 heteroatoms. The maximum atomic E-state index is 12.7. The van der Waals surface area contributed by atoms with E-state index in [0.29, 0.717) is 19.4 Å². The largest absolute Gasteiger partial charge is 0.467 e. The minimum absolute atomic E-state index is 0.0829. The number of hydrogen-bond donors (Lipinski definition) is 2.